The average Bonchev–Trinajstić information content (AvgIpc) is 3.49. The first-order chi connectivity index (χ1) is 23.1. The summed E-state index contributed by atoms with van der Waals surface area (Å²) >= 11 is 0. The van der Waals surface area contributed by atoms with Crippen LogP contribution in [0.15, 0.2) is 50.7 Å². The number of nitriles is 1. The smallest absolute Gasteiger partial charge is 0.333 e. The van der Waals surface area contributed by atoms with Gasteiger partial charge < -0.3 is 23.3 Å². The summed E-state index contributed by atoms with van der Waals surface area (Å²) in [6.45, 7) is 22.6. The zero-order chi connectivity index (χ0) is 36.5. The fourth-order valence-electron chi connectivity index (χ4n) is 6.16. The van der Waals surface area contributed by atoms with E-state index in [1.165, 1.54) is 20.3 Å². The largest absolute Gasteiger partial charge is 0.346 e. The highest BCUT2D eigenvalue weighted by Crippen LogP contribution is 2.48. The molecular formula is C37H59N4O7P. The van der Waals surface area contributed by atoms with Crippen molar-refractivity contribution in [2.45, 2.75) is 157 Å². The summed E-state index contributed by atoms with van der Waals surface area (Å²) in [5.74, 6) is -0.906. The third-order valence-electron chi connectivity index (χ3n) is 8.52. The minimum absolute atomic E-state index is 0.128. The van der Waals surface area contributed by atoms with Crippen molar-refractivity contribution in [2.24, 2.45) is 0 Å². The number of nitrogens with zero attached hydrogens (tertiary/aromatic N) is 4. The van der Waals surface area contributed by atoms with E-state index in [1.807, 2.05) is 26.8 Å². The summed E-state index contributed by atoms with van der Waals surface area (Å²) < 4.78 is 36.4. The number of aryl methyl sites for hydroxylation is 1. The van der Waals surface area contributed by atoms with Crippen LogP contribution >= 0.6 is 8.53 Å². The van der Waals surface area contributed by atoms with E-state index in [2.05, 4.69) is 71.4 Å². The number of allylic oxidation sites excluding steroid dienone is 6. The number of aromatic nitrogens is 2. The number of hydrogen-bond acceptors (Lipinski definition) is 9. The Morgan fingerprint density at radius 1 is 1.00 bits per heavy atom. The van der Waals surface area contributed by atoms with Crippen molar-refractivity contribution >= 4 is 8.53 Å². The SMILES string of the molecule is CC(C)=CCC/C(C)=C/CC/C(C)=C/Cn1c(=O)c(C)cn([C@@H]2O[C@H](COP(OCCC#N)N(C(C)C)C(C)C)[C@@H]3OC(C)(C)OC32)c1=O. The van der Waals surface area contributed by atoms with E-state index in [0.717, 1.165) is 31.3 Å². The first-order valence-electron chi connectivity index (χ1n) is 17.6. The molecule has 11 nitrogen and oxygen atoms in total. The lowest BCUT2D eigenvalue weighted by atomic mass is 10.1. The second-order valence-electron chi connectivity index (χ2n) is 14.3. The monoisotopic (exact) mass is 702 g/mol. The van der Waals surface area contributed by atoms with Gasteiger partial charge in [0.2, 0.25) is 0 Å². The number of ether oxygens (including phenoxy) is 3. The molecule has 0 bridgehead atoms. The van der Waals surface area contributed by atoms with Gasteiger partial charge >= 0.3 is 5.69 Å². The molecule has 5 atom stereocenters. The molecule has 0 N–H and O–H groups in total. The Balaban J connectivity index is 1.81. The maximum Gasteiger partial charge on any atom is 0.333 e. The molecule has 3 rings (SSSR count). The minimum atomic E-state index is -1.51. The van der Waals surface area contributed by atoms with Gasteiger partial charge in [0.25, 0.3) is 14.1 Å². The van der Waals surface area contributed by atoms with Crippen molar-refractivity contribution in [1.82, 2.24) is 13.8 Å². The van der Waals surface area contributed by atoms with Crippen LogP contribution in [0.5, 0.6) is 0 Å². The quantitative estimate of drug-likeness (QED) is 0.0874. The molecule has 0 amide bonds. The van der Waals surface area contributed by atoms with Crippen LogP contribution in [0.2, 0.25) is 0 Å². The van der Waals surface area contributed by atoms with E-state index in [1.54, 1.807) is 13.1 Å². The number of fused-ring (bicyclic) bond motifs is 1. The van der Waals surface area contributed by atoms with Crippen LogP contribution < -0.4 is 11.2 Å². The topological polar surface area (TPSA) is 117 Å². The fraction of sp³-hybridized carbons (Fsp3) is 0.703. The van der Waals surface area contributed by atoms with Crippen LogP contribution in [0.1, 0.15) is 113 Å². The van der Waals surface area contributed by atoms with E-state index >= 15 is 0 Å². The Morgan fingerprint density at radius 3 is 2.22 bits per heavy atom. The van der Waals surface area contributed by atoms with Gasteiger partial charge in [-0.1, -0.05) is 34.9 Å². The predicted octanol–water partition coefficient (Wildman–Crippen LogP) is 7.45. The highest BCUT2D eigenvalue weighted by atomic mass is 31.2. The van der Waals surface area contributed by atoms with E-state index in [9.17, 15) is 9.59 Å². The first kappa shape index (κ1) is 41.0. The summed E-state index contributed by atoms with van der Waals surface area (Å²) in [4.78, 5) is 27.2. The molecule has 274 valence electrons. The lowest BCUT2D eigenvalue weighted by molar-refractivity contribution is -0.200. The zero-order valence-corrected chi connectivity index (χ0v) is 32.4. The molecule has 3 heterocycles. The van der Waals surface area contributed by atoms with E-state index in [0.29, 0.717) is 5.56 Å². The maximum atomic E-state index is 13.9. The third kappa shape index (κ3) is 11.5. The van der Waals surface area contributed by atoms with Crippen molar-refractivity contribution in [3.8, 4) is 6.07 Å². The highest BCUT2D eigenvalue weighted by Gasteiger charge is 2.56. The number of rotatable bonds is 18. The molecule has 2 unspecified atom stereocenters. The van der Waals surface area contributed by atoms with Crippen LogP contribution in [-0.4, -0.2) is 63.2 Å². The molecule has 2 aliphatic rings. The molecule has 49 heavy (non-hydrogen) atoms. The molecular weight excluding hydrogens is 643 g/mol. The Labute approximate surface area is 294 Å². The summed E-state index contributed by atoms with van der Waals surface area (Å²) in [6, 6.07) is 2.40. The molecule has 2 saturated heterocycles. The lowest BCUT2D eigenvalue weighted by Gasteiger charge is -2.36. The Kier molecular flexibility index (Phi) is 15.7. The molecule has 0 radical (unpaired) electrons. The molecule has 2 fully saturated rings. The van der Waals surface area contributed by atoms with Gasteiger partial charge in [0.05, 0.1) is 25.7 Å². The van der Waals surface area contributed by atoms with Crippen molar-refractivity contribution in [2.75, 3.05) is 13.2 Å². The highest BCUT2D eigenvalue weighted by molar-refractivity contribution is 7.44. The van der Waals surface area contributed by atoms with Crippen molar-refractivity contribution in [3.05, 3.63) is 67.5 Å². The van der Waals surface area contributed by atoms with Gasteiger partial charge in [-0.25, -0.2) is 9.46 Å². The van der Waals surface area contributed by atoms with Gasteiger partial charge in [-0.2, -0.15) is 5.26 Å². The Hall–Kier alpha value is -2.42. The van der Waals surface area contributed by atoms with Gasteiger partial charge in [-0.15, -0.1) is 0 Å². The maximum absolute atomic E-state index is 13.9. The first-order valence-corrected chi connectivity index (χ1v) is 18.7. The molecule has 0 spiro atoms. The fourth-order valence-corrected chi connectivity index (χ4v) is 7.77. The van der Waals surface area contributed by atoms with Crippen LogP contribution in [0.4, 0.5) is 0 Å². The van der Waals surface area contributed by atoms with Crippen molar-refractivity contribution < 1.29 is 23.3 Å². The lowest BCUT2D eigenvalue weighted by Crippen LogP contribution is -2.44. The average molecular weight is 703 g/mol. The molecule has 1 aromatic rings. The van der Waals surface area contributed by atoms with Gasteiger partial charge in [0.1, 0.15) is 18.3 Å². The zero-order valence-electron chi connectivity index (χ0n) is 31.5. The van der Waals surface area contributed by atoms with E-state index in [4.69, 9.17) is 28.5 Å². The van der Waals surface area contributed by atoms with Gasteiger partial charge in [-0.3, -0.25) is 13.9 Å². The second-order valence-corrected chi connectivity index (χ2v) is 15.8. The van der Waals surface area contributed by atoms with Crippen LogP contribution in [-0.2, 0) is 29.8 Å². The number of hydrogen-bond donors (Lipinski definition) is 0. The molecule has 1 aromatic heterocycles. The Bertz CT molecular complexity index is 1490. The van der Waals surface area contributed by atoms with Gasteiger partial charge in [0.15, 0.2) is 12.0 Å². The van der Waals surface area contributed by atoms with Gasteiger partial charge in [0, 0.05) is 30.4 Å². The second kappa shape index (κ2) is 18.7. The summed E-state index contributed by atoms with van der Waals surface area (Å²) in [5, 5.41) is 9.07. The minimum Gasteiger partial charge on any atom is -0.346 e. The molecule has 0 aliphatic carbocycles. The summed E-state index contributed by atoms with van der Waals surface area (Å²) in [7, 11) is -1.51. The molecule has 2 aliphatic heterocycles. The molecule has 0 aromatic carbocycles. The summed E-state index contributed by atoms with van der Waals surface area (Å²) in [5.41, 5.74) is 3.44. The third-order valence-corrected chi connectivity index (χ3v) is 10.6. The molecule has 0 saturated carbocycles. The van der Waals surface area contributed by atoms with Crippen molar-refractivity contribution in [3.63, 3.8) is 0 Å². The van der Waals surface area contributed by atoms with Gasteiger partial charge in [-0.05, 0) is 102 Å². The normalized spacial score (nSPS) is 23.0. The standard InChI is InChI=1S/C37H59N4O7P/c1-25(2)15-12-16-28(7)17-13-18-29(8)19-21-39-34(42)30(9)23-40(36(39)43)35-33-32(47-37(10,11)48-33)31(46-35)24-45-49(44-22-14-20-38)41(26(3)4)27(5)6/h15,17,19,23,26-27,31-33,35H,12-14,16,18,21-22,24H2,1-11H3/b28-17+,29-19+/t31-,32+,33?,35-,49?/m1/s1. The van der Waals surface area contributed by atoms with E-state index in [-0.39, 0.29) is 43.8 Å². The molecule has 12 heteroatoms. The Morgan fingerprint density at radius 2 is 1.61 bits per heavy atom. The summed E-state index contributed by atoms with van der Waals surface area (Å²) in [6.07, 6.45) is 9.60. The van der Waals surface area contributed by atoms with Crippen LogP contribution in [0, 0.1) is 18.3 Å². The van der Waals surface area contributed by atoms with E-state index < -0.39 is 44.5 Å². The predicted molar refractivity (Wildman–Crippen MR) is 194 cm³/mol. The van der Waals surface area contributed by atoms with Crippen LogP contribution in [0.25, 0.3) is 0 Å². The van der Waals surface area contributed by atoms with Crippen molar-refractivity contribution in [1.29, 1.82) is 5.26 Å². The van der Waals surface area contributed by atoms with Crippen LogP contribution in [0.3, 0.4) is 0 Å².